The molecule has 0 spiro atoms. The summed E-state index contributed by atoms with van der Waals surface area (Å²) in [6, 6.07) is 9.95. The van der Waals surface area contributed by atoms with E-state index in [9.17, 15) is 0 Å². The first-order valence-corrected chi connectivity index (χ1v) is 7.57. The van der Waals surface area contributed by atoms with E-state index in [1.54, 1.807) is 0 Å². The molecule has 2 aromatic carbocycles. The van der Waals surface area contributed by atoms with Crippen LogP contribution in [0.4, 0.5) is 0 Å². The Morgan fingerprint density at radius 2 is 2.11 bits per heavy atom. The summed E-state index contributed by atoms with van der Waals surface area (Å²) < 4.78 is 12.5. The first kappa shape index (κ1) is 13.2. The summed E-state index contributed by atoms with van der Waals surface area (Å²) >= 11 is 9.88. The summed E-state index contributed by atoms with van der Waals surface area (Å²) in [5, 5.41) is 2.74. The average molecular weight is 342 g/mol. The van der Waals surface area contributed by atoms with Crippen LogP contribution in [0.2, 0.25) is 5.02 Å². The van der Waals surface area contributed by atoms with E-state index in [1.165, 1.54) is 0 Å². The number of fused-ring (bicyclic) bond motifs is 1. The predicted molar refractivity (Wildman–Crippen MR) is 80.9 cm³/mol. The Morgan fingerprint density at radius 1 is 1.21 bits per heavy atom. The fraction of sp³-hybridized carbons (Fsp3) is 0.333. The zero-order valence-electron chi connectivity index (χ0n) is 10.4. The molecule has 2 nitrogen and oxygen atoms in total. The number of benzene rings is 2. The van der Waals surface area contributed by atoms with Gasteiger partial charge in [0.05, 0.1) is 11.6 Å². The van der Waals surface area contributed by atoms with Gasteiger partial charge < -0.3 is 9.47 Å². The number of ether oxygens (including phenoxy) is 2. The van der Waals surface area contributed by atoms with Gasteiger partial charge in [-0.1, -0.05) is 39.7 Å². The van der Waals surface area contributed by atoms with Gasteiger partial charge in [0, 0.05) is 16.3 Å². The highest BCUT2D eigenvalue weighted by molar-refractivity contribution is 9.10. The third-order valence-corrected chi connectivity index (χ3v) is 4.16. The van der Waals surface area contributed by atoms with E-state index in [2.05, 4.69) is 15.9 Å². The van der Waals surface area contributed by atoms with E-state index in [-0.39, 0.29) is 6.29 Å². The van der Waals surface area contributed by atoms with Gasteiger partial charge in [0.15, 0.2) is 6.29 Å². The molecule has 4 heteroatoms. The molecule has 1 aliphatic rings. The zero-order valence-corrected chi connectivity index (χ0v) is 12.7. The quantitative estimate of drug-likeness (QED) is 0.751. The van der Waals surface area contributed by atoms with Crippen LogP contribution in [0.5, 0.6) is 5.75 Å². The molecule has 0 aromatic heterocycles. The Balaban J connectivity index is 1.91. The Bertz CT molecular complexity index is 594. The van der Waals surface area contributed by atoms with Gasteiger partial charge in [-0.15, -0.1) is 0 Å². The van der Waals surface area contributed by atoms with E-state index in [0.717, 1.165) is 41.1 Å². The van der Waals surface area contributed by atoms with Crippen molar-refractivity contribution in [1.29, 1.82) is 0 Å². The Labute approximate surface area is 125 Å². The normalized spacial score (nSPS) is 19.6. The van der Waals surface area contributed by atoms with Crippen molar-refractivity contribution >= 4 is 38.3 Å². The van der Waals surface area contributed by atoms with Crippen LogP contribution in [0.25, 0.3) is 10.8 Å². The van der Waals surface area contributed by atoms with Crippen molar-refractivity contribution in [3.05, 3.63) is 39.8 Å². The maximum Gasteiger partial charge on any atom is 0.199 e. The molecule has 1 aliphatic heterocycles. The molecule has 19 heavy (non-hydrogen) atoms. The molecule has 1 atom stereocenters. The third kappa shape index (κ3) is 2.88. The summed E-state index contributed by atoms with van der Waals surface area (Å²) in [5.41, 5.74) is 0. The molecule has 1 heterocycles. The molecule has 0 aliphatic carbocycles. The molecule has 1 unspecified atom stereocenters. The van der Waals surface area contributed by atoms with Crippen LogP contribution in [-0.2, 0) is 4.74 Å². The standard InChI is InChI=1S/C15H14BrClO2/c16-11-5-6-12-10(9-11)4-7-13(15(12)17)19-14-3-1-2-8-18-14/h4-7,9,14H,1-3,8H2. The lowest BCUT2D eigenvalue weighted by atomic mass is 10.1. The van der Waals surface area contributed by atoms with E-state index in [0.29, 0.717) is 10.8 Å². The first-order valence-electron chi connectivity index (χ1n) is 6.40. The average Bonchev–Trinajstić information content (AvgIpc) is 2.43. The molecule has 0 N–H and O–H groups in total. The molecule has 3 rings (SSSR count). The van der Waals surface area contributed by atoms with E-state index < -0.39 is 0 Å². The lowest BCUT2D eigenvalue weighted by Gasteiger charge is -2.24. The van der Waals surface area contributed by atoms with Gasteiger partial charge in [-0.05, 0) is 36.4 Å². The van der Waals surface area contributed by atoms with Crippen LogP contribution in [0, 0.1) is 0 Å². The fourth-order valence-corrected chi connectivity index (χ4v) is 2.94. The van der Waals surface area contributed by atoms with Crippen molar-refractivity contribution in [2.24, 2.45) is 0 Å². The van der Waals surface area contributed by atoms with E-state index >= 15 is 0 Å². The molecule has 1 saturated heterocycles. The highest BCUT2D eigenvalue weighted by Crippen LogP contribution is 2.35. The van der Waals surface area contributed by atoms with Crippen molar-refractivity contribution < 1.29 is 9.47 Å². The second-order valence-electron chi connectivity index (χ2n) is 4.66. The van der Waals surface area contributed by atoms with Crippen LogP contribution >= 0.6 is 27.5 Å². The fourth-order valence-electron chi connectivity index (χ4n) is 2.28. The van der Waals surface area contributed by atoms with Gasteiger partial charge in [0.2, 0.25) is 0 Å². The molecule has 100 valence electrons. The van der Waals surface area contributed by atoms with Crippen molar-refractivity contribution in [1.82, 2.24) is 0 Å². The van der Waals surface area contributed by atoms with Gasteiger partial charge >= 0.3 is 0 Å². The van der Waals surface area contributed by atoms with Crippen LogP contribution in [0.3, 0.4) is 0 Å². The SMILES string of the molecule is Clc1c(OC2CCCCO2)ccc2cc(Br)ccc12. The number of hydrogen-bond donors (Lipinski definition) is 0. The van der Waals surface area contributed by atoms with Crippen molar-refractivity contribution in [2.45, 2.75) is 25.6 Å². The minimum Gasteiger partial charge on any atom is -0.463 e. The highest BCUT2D eigenvalue weighted by atomic mass is 79.9. The highest BCUT2D eigenvalue weighted by Gasteiger charge is 2.17. The molecule has 0 saturated carbocycles. The van der Waals surface area contributed by atoms with Crippen molar-refractivity contribution in [3.63, 3.8) is 0 Å². The molecular weight excluding hydrogens is 328 g/mol. The Morgan fingerprint density at radius 3 is 2.89 bits per heavy atom. The molecule has 0 radical (unpaired) electrons. The van der Waals surface area contributed by atoms with Gasteiger partial charge in [0.1, 0.15) is 5.75 Å². The lowest BCUT2D eigenvalue weighted by Crippen LogP contribution is -2.25. The Kier molecular flexibility index (Phi) is 3.96. The summed E-state index contributed by atoms with van der Waals surface area (Å²) in [6.45, 7) is 0.767. The van der Waals surface area contributed by atoms with E-state index in [4.69, 9.17) is 21.1 Å². The van der Waals surface area contributed by atoms with Gasteiger partial charge in [-0.2, -0.15) is 0 Å². The third-order valence-electron chi connectivity index (χ3n) is 3.28. The Hall–Kier alpha value is -0.770. The number of halogens is 2. The minimum atomic E-state index is -0.167. The largest absolute Gasteiger partial charge is 0.463 e. The first-order chi connectivity index (χ1) is 9.24. The summed E-state index contributed by atoms with van der Waals surface area (Å²) in [5.74, 6) is 0.698. The maximum atomic E-state index is 6.42. The second-order valence-corrected chi connectivity index (χ2v) is 5.95. The monoisotopic (exact) mass is 340 g/mol. The molecule has 0 bridgehead atoms. The van der Waals surface area contributed by atoms with Gasteiger partial charge in [0.25, 0.3) is 0 Å². The molecular formula is C15H14BrClO2. The van der Waals surface area contributed by atoms with Crippen LogP contribution in [0.1, 0.15) is 19.3 Å². The van der Waals surface area contributed by atoms with Crippen LogP contribution < -0.4 is 4.74 Å². The van der Waals surface area contributed by atoms with E-state index in [1.807, 2.05) is 30.3 Å². The zero-order chi connectivity index (χ0) is 13.2. The minimum absolute atomic E-state index is 0.167. The maximum absolute atomic E-state index is 6.42. The number of hydrogen-bond acceptors (Lipinski definition) is 2. The smallest absolute Gasteiger partial charge is 0.199 e. The molecule has 0 amide bonds. The predicted octanol–water partition coefficient (Wildman–Crippen LogP) is 5.16. The van der Waals surface area contributed by atoms with Crippen molar-refractivity contribution in [2.75, 3.05) is 6.61 Å². The second kappa shape index (κ2) is 5.70. The lowest BCUT2D eigenvalue weighted by molar-refractivity contribution is -0.105. The number of rotatable bonds is 2. The molecule has 1 fully saturated rings. The van der Waals surface area contributed by atoms with Crippen LogP contribution in [-0.4, -0.2) is 12.9 Å². The summed E-state index contributed by atoms with van der Waals surface area (Å²) in [4.78, 5) is 0. The van der Waals surface area contributed by atoms with Gasteiger partial charge in [-0.3, -0.25) is 0 Å². The topological polar surface area (TPSA) is 18.5 Å². The van der Waals surface area contributed by atoms with Crippen LogP contribution in [0.15, 0.2) is 34.8 Å². The molecule has 2 aromatic rings. The van der Waals surface area contributed by atoms with Gasteiger partial charge in [-0.25, -0.2) is 0 Å². The summed E-state index contributed by atoms with van der Waals surface area (Å²) in [6.07, 6.45) is 3.01. The van der Waals surface area contributed by atoms with Crippen molar-refractivity contribution in [3.8, 4) is 5.75 Å². The summed E-state index contributed by atoms with van der Waals surface area (Å²) in [7, 11) is 0.